The number of amides is 2. The Bertz CT molecular complexity index is 539. The number of rotatable bonds is 5. The number of urea groups is 1. The highest BCUT2D eigenvalue weighted by molar-refractivity contribution is 5.74. The first-order valence-electron chi connectivity index (χ1n) is 8.72. The first-order chi connectivity index (χ1) is 11.3. The van der Waals surface area contributed by atoms with Gasteiger partial charge in [0, 0.05) is 38.6 Å². The Morgan fingerprint density at radius 3 is 3.09 bits per heavy atom. The molecule has 6 nitrogen and oxygen atoms in total. The highest BCUT2D eigenvalue weighted by Gasteiger charge is 2.31. The van der Waals surface area contributed by atoms with Crippen LogP contribution in [0.5, 0.6) is 0 Å². The molecule has 2 N–H and O–H groups in total. The quantitative estimate of drug-likeness (QED) is 0.819. The molecule has 0 unspecified atom stereocenters. The maximum Gasteiger partial charge on any atom is 0.317 e. The predicted molar refractivity (Wildman–Crippen MR) is 90.1 cm³/mol. The van der Waals surface area contributed by atoms with E-state index in [1.165, 1.54) is 24.8 Å². The Morgan fingerprint density at radius 1 is 1.48 bits per heavy atom. The lowest BCUT2D eigenvalue weighted by Gasteiger charge is -2.40. The molecule has 23 heavy (non-hydrogen) atoms. The molecule has 1 aliphatic heterocycles. The number of piperazine rings is 1. The van der Waals surface area contributed by atoms with Gasteiger partial charge in [-0.15, -0.1) is 0 Å². The van der Waals surface area contributed by atoms with Crippen LogP contribution in [-0.2, 0) is 0 Å². The van der Waals surface area contributed by atoms with Crippen molar-refractivity contribution in [1.29, 1.82) is 0 Å². The monoisotopic (exact) mass is 317 g/mol. The first-order valence-corrected chi connectivity index (χ1v) is 8.72. The Hall–Kier alpha value is -1.82. The fourth-order valence-corrected chi connectivity index (χ4v) is 3.51. The molecular formula is C17H27N5O. The summed E-state index contributed by atoms with van der Waals surface area (Å²) in [6, 6.07) is 0.211. The minimum Gasteiger partial charge on any atom is -0.347 e. The third-order valence-electron chi connectivity index (χ3n) is 4.88. The molecule has 1 aromatic rings. The van der Waals surface area contributed by atoms with E-state index in [2.05, 4.69) is 33.2 Å². The van der Waals surface area contributed by atoms with E-state index in [0.29, 0.717) is 6.54 Å². The molecule has 1 aliphatic carbocycles. The van der Waals surface area contributed by atoms with Gasteiger partial charge in [0.15, 0.2) is 0 Å². The van der Waals surface area contributed by atoms with Gasteiger partial charge < -0.3 is 15.2 Å². The van der Waals surface area contributed by atoms with Crippen molar-refractivity contribution in [3.05, 3.63) is 29.9 Å². The second kappa shape index (κ2) is 7.64. The fraction of sp³-hybridized carbons (Fsp3) is 0.647. The van der Waals surface area contributed by atoms with E-state index >= 15 is 0 Å². The highest BCUT2D eigenvalue weighted by Crippen LogP contribution is 2.23. The number of carbonyl (C=O) groups is 1. The van der Waals surface area contributed by atoms with E-state index in [1.54, 1.807) is 6.20 Å². The second-order valence-corrected chi connectivity index (χ2v) is 6.30. The number of nitrogens with one attached hydrogen (secondary N) is 2. The van der Waals surface area contributed by atoms with Crippen molar-refractivity contribution in [2.75, 3.05) is 32.7 Å². The largest absolute Gasteiger partial charge is 0.347 e. The summed E-state index contributed by atoms with van der Waals surface area (Å²) in [7, 11) is 0. The fourth-order valence-electron chi connectivity index (χ4n) is 3.51. The van der Waals surface area contributed by atoms with Gasteiger partial charge in [-0.1, -0.05) is 18.6 Å². The minimum atomic E-state index is 0.0518. The van der Waals surface area contributed by atoms with Gasteiger partial charge in [-0.25, -0.2) is 9.78 Å². The summed E-state index contributed by atoms with van der Waals surface area (Å²) >= 11 is 0. The summed E-state index contributed by atoms with van der Waals surface area (Å²) in [6.45, 7) is 6.22. The molecule has 1 fully saturated rings. The second-order valence-electron chi connectivity index (χ2n) is 6.30. The van der Waals surface area contributed by atoms with Crippen LogP contribution in [-0.4, -0.2) is 58.5 Å². The third-order valence-corrected chi connectivity index (χ3v) is 4.88. The molecule has 6 heteroatoms. The van der Waals surface area contributed by atoms with E-state index in [4.69, 9.17) is 0 Å². The Labute approximate surface area is 137 Å². The van der Waals surface area contributed by atoms with E-state index in [0.717, 1.165) is 38.4 Å². The van der Waals surface area contributed by atoms with Crippen molar-refractivity contribution < 1.29 is 4.79 Å². The van der Waals surface area contributed by atoms with Crippen LogP contribution >= 0.6 is 0 Å². The lowest BCUT2D eigenvalue weighted by molar-refractivity contribution is 0.0898. The number of nitrogens with zero attached hydrogens (tertiary/aromatic N) is 3. The summed E-state index contributed by atoms with van der Waals surface area (Å²) in [5, 5.41) is 3.07. The molecule has 0 spiro atoms. The Balaban J connectivity index is 1.52. The molecule has 3 rings (SSSR count). The van der Waals surface area contributed by atoms with Crippen molar-refractivity contribution >= 4 is 6.03 Å². The number of hydrogen-bond acceptors (Lipinski definition) is 3. The molecule has 0 saturated carbocycles. The predicted octanol–water partition coefficient (Wildman–Crippen LogP) is 2.30. The highest BCUT2D eigenvalue weighted by atomic mass is 16.2. The van der Waals surface area contributed by atoms with Crippen LogP contribution < -0.4 is 5.32 Å². The molecule has 2 amide bonds. The topological polar surface area (TPSA) is 64.3 Å². The minimum absolute atomic E-state index is 0.0518. The first kappa shape index (κ1) is 16.1. The Morgan fingerprint density at radius 2 is 2.39 bits per heavy atom. The number of H-pyrrole nitrogens is 1. The number of aromatic amines is 1. The standard InChI is InChI=1S/C17H27N5O/c1-2-21-11-12-22(13-15(21)16-18-9-10-19-16)17(23)20-8-7-14-5-3-4-6-14/h5,9-10,15H,2-4,6-8,11-13H2,1H3,(H,18,19)(H,20,23)/t15-/m0/s1. The summed E-state index contributed by atoms with van der Waals surface area (Å²) in [4.78, 5) is 24.3. The zero-order chi connectivity index (χ0) is 16.1. The average molecular weight is 317 g/mol. The van der Waals surface area contributed by atoms with Gasteiger partial charge in [-0.2, -0.15) is 0 Å². The average Bonchev–Trinajstić information content (AvgIpc) is 3.27. The number of hydrogen-bond donors (Lipinski definition) is 2. The van der Waals surface area contributed by atoms with Crippen LogP contribution in [0, 0.1) is 0 Å². The lowest BCUT2D eigenvalue weighted by Crippen LogP contribution is -2.53. The van der Waals surface area contributed by atoms with Crippen molar-refractivity contribution in [2.24, 2.45) is 0 Å². The van der Waals surface area contributed by atoms with Crippen LogP contribution in [0.1, 0.15) is 44.5 Å². The normalized spacial score (nSPS) is 22.2. The SMILES string of the molecule is CCN1CCN(C(=O)NCCC2=CCCC2)C[C@H]1c1ncc[nH]1. The summed E-state index contributed by atoms with van der Waals surface area (Å²) in [5.41, 5.74) is 1.49. The zero-order valence-electron chi connectivity index (χ0n) is 13.9. The van der Waals surface area contributed by atoms with Gasteiger partial charge in [0.2, 0.25) is 0 Å². The van der Waals surface area contributed by atoms with Crippen molar-refractivity contribution in [3.8, 4) is 0 Å². The van der Waals surface area contributed by atoms with E-state index < -0.39 is 0 Å². The van der Waals surface area contributed by atoms with E-state index in [-0.39, 0.29) is 12.1 Å². The molecule has 0 aromatic carbocycles. The molecule has 0 radical (unpaired) electrons. The molecule has 2 aliphatic rings. The maximum absolute atomic E-state index is 12.4. The molecule has 1 aromatic heterocycles. The van der Waals surface area contributed by atoms with Gasteiger partial charge in [0.05, 0.1) is 6.04 Å². The van der Waals surface area contributed by atoms with Crippen LogP contribution in [0.4, 0.5) is 4.79 Å². The summed E-state index contributed by atoms with van der Waals surface area (Å²) in [5.74, 6) is 0.945. The number of aromatic nitrogens is 2. The third kappa shape index (κ3) is 3.93. The molecule has 2 heterocycles. The Kier molecular flexibility index (Phi) is 5.33. The smallest absolute Gasteiger partial charge is 0.317 e. The van der Waals surface area contributed by atoms with Crippen LogP contribution in [0.15, 0.2) is 24.0 Å². The van der Waals surface area contributed by atoms with Crippen molar-refractivity contribution in [3.63, 3.8) is 0 Å². The van der Waals surface area contributed by atoms with Gasteiger partial charge in [0.1, 0.15) is 5.82 Å². The van der Waals surface area contributed by atoms with Gasteiger partial charge >= 0.3 is 6.03 Å². The van der Waals surface area contributed by atoms with E-state index in [9.17, 15) is 4.79 Å². The summed E-state index contributed by atoms with van der Waals surface area (Å²) in [6.07, 6.45) is 10.6. The molecule has 126 valence electrons. The number of likely N-dealkylation sites (N-methyl/N-ethyl adjacent to an activating group) is 1. The number of imidazole rings is 1. The maximum atomic E-state index is 12.4. The van der Waals surface area contributed by atoms with Crippen molar-refractivity contribution in [1.82, 2.24) is 25.1 Å². The number of carbonyl (C=O) groups excluding carboxylic acids is 1. The van der Waals surface area contributed by atoms with E-state index in [1.807, 2.05) is 11.1 Å². The number of allylic oxidation sites excluding steroid dienone is 1. The van der Waals surface area contributed by atoms with Gasteiger partial charge in [-0.05, 0) is 32.2 Å². The van der Waals surface area contributed by atoms with Crippen LogP contribution in [0.3, 0.4) is 0 Å². The van der Waals surface area contributed by atoms with Crippen molar-refractivity contribution in [2.45, 2.75) is 38.6 Å². The molecule has 1 saturated heterocycles. The van der Waals surface area contributed by atoms with Gasteiger partial charge in [-0.3, -0.25) is 4.90 Å². The molecule has 1 atom stereocenters. The molecular weight excluding hydrogens is 290 g/mol. The van der Waals surface area contributed by atoms with Crippen LogP contribution in [0.25, 0.3) is 0 Å². The molecule has 0 bridgehead atoms. The van der Waals surface area contributed by atoms with Crippen LogP contribution in [0.2, 0.25) is 0 Å². The summed E-state index contributed by atoms with van der Waals surface area (Å²) < 4.78 is 0. The zero-order valence-corrected chi connectivity index (χ0v) is 13.9. The van der Waals surface area contributed by atoms with Gasteiger partial charge in [0.25, 0.3) is 0 Å². The lowest BCUT2D eigenvalue weighted by atomic mass is 10.1.